The van der Waals surface area contributed by atoms with E-state index >= 15 is 0 Å². The van der Waals surface area contributed by atoms with E-state index in [1.165, 1.54) is 6.07 Å². The number of nitrogens with one attached hydrogen (secondary N) is 2. The summed E-state index contributed by atoms with van der Waals surface area (Å²) in [5, 5.41) is 13.1. The van der Waals surface area contributed by atoms with Gasteiger partial charge in [0, 0.05) is 23.2 Å². The molecule has 28 heavy (non-hydrogen) atoms. The minimum Gasteiger partial charge on any atom is -0.481 e. The Morgan fingerprint density at radius 3 is 2.93 bits per heavy atom. The number of carboxylic acids is 1. The molecule has 1 aliphatic carbocycles. The smallest absolute Gasteiger partial charge is 0.311 e. The Hall–Kier alpha value is -3.10. The number of hydrogen-bond acceptors (Lipinski definition) is 5. The lowest BCUT2D eigenvalue weighted by atomic mass is 9.71. The van der Waals surface area contributed by atoms with Crippen molar-refractivity contribution in [3.05, 3.63) is 36.3 Å². The topological polar surface area (TPSA) is 104 Å². The Labute approximate surface area is 159 Å². The maximum Gasteiger partial charge on any atom is 0.311 e. The number of carboxylic acid groups (broad SMARTS) is 1. The summed E-state index contributed by atoms with van der Waals surface area (Å²) in [6.07, 6.45) is 6.47. The minimum atomic E-state index is -1.01. The molecular formula is C19H19F2N5O2. The Kier molecular flexibility index (Phi) is 4.44. The van der Waals surface area contributed by atoms with Gasteiger partial charge in [0.15, 0.2) is 17.5 Å². The number of halogens is 2. The largest absolute Gasteiger partial charge is 0.481 e. The van der Waals surface area contributed by atoms with E-state index in [2.05, 4.69) is 25.3 Å². The van der Waals surface area contributed by atoms with Gasteiger partial charge in [0.05, 0.1) is 17.8 Å². The van der Waals surface area contributed by atoms with Crippen LogP contribution in [0, 0.1) is 17.0 Å². The number of aromatic amines is 1. The van der Waals surface area contributed by atoms with Crippen molar-refractivity contribution in [2.45, 2.75) is 38.6 Å². The number of H-pyrrole nitrogens is 1. The van der Waals surface area contributed by atoms with Gasteiger partial charge in [0.2, 0.25) is 0 Å². The molecule has 7 nitrogen and oxygen atoms in total. The second kappa shape index (κ2) is 6.81. The number of nitrogens with zero attached hydrogens (tertiary/aromatic N) is 3. The van der Waals surface area contributed by atoms with Gasteiger partial charge in [-0.15, -0.1) is 0 Å². The summed E-state index contributed by atoms with van der Waals surface area (Å²) in [5.74, 6) is -1.98. The molecule has 2 atom stereocenters. The highest BCUT2D eigenvalue weighted by atomic mass is 19.1. The first-order chi connectivity index (χ1) is 13.4. The molecule has 0 radical (unpaired) electrons. The Morgan fingerprint density at radius 2 is 2.14 bits per heavy atom. The molecule has 1 aliphatic rings. The fraction of sp³-hybridized carbons (Fsp3) is 0.368. The van der Waals surface area contributed by atoms with Gasteiger partial charge < -0.3 is 15.4 Å². The molecule has 4 rings (SSSR count). The van der Waals surface area contributed by atoms with Crippen molar-refractivity contribution in [3.8, 4) is 11.4 Å². The number of pyridine rings is 1. The van der Waals surface area contributed by atoms with E-state index in [1.54, 1.807) is 13.1 Å². The molecule has 3 aromatic heterocycles. The van der Waals surface area contributed by atoms with Crippen LogP contribution in [0.5, 0.6) is 0 Å². The number of rotatable bonds is 4. The monoisotopic (exact) mass is 387 g/mol. The van der Waals surface area contributed by atoms with E-state index in [-0.39, 0.29) is 11.6 Å². The maximum atomic E-state index is 14.4. The van der Waals surface area contributed by atoms with Crippen LogP contribution in [0.25, 0.3) is 22.4 Å². The summed E-state index contributed by atoms with van der Waals surface area (Å²) in [5.41, 5.74) is -0.0665. The molecule has 0 aromatic carbocycles. The minimum absolute atomic E-state index is 0.0666. The Balaban J connectivity index is 1.71. The third kappa shape index (κ3) is 3.06. The zero-order valence-corrected chi connectivity index (χ0v) is 15.2. The van der Waals surface area contributed by atoms with Crippen LogP contribution in [0.4, 0.5) is 14.6 Å². The van der Waals surface area contributed by atoms with Crippen molar-refractivity contribution in [1.82, 2.24) is 19.9 Å². The van der Waals surface area contributed by atoms with Crippen molar-refractivity contribution >= 4 is 22.8 Å². The normalized spacial score (nSPS) is 22.3. The third-order valence-corrected chi connectivity index (χ3v) is 5.49. The number of aromatic nitrogens is 4. The second-order valence-corrected chi connectivity index (χ2v) is 7.31. The lowest BCUT2D eigenvalue weighted by Crippen LogP contribution is -2.47. The molecule has 0 bridgehead atoms. The molecule has 146 valence electrons. The molecule has 1 saturated carbocycles. The number of aliphatic carboxylic acids is 1. The van der Waals surface area contributed by atoms with Gasteiger partial charge in [-0.1, -0.05) is 12.8 Å². The molecule has 0 spiro atoms. The third-order valence-electron chi connectivity index (χ3n) is 5.49. The number of carbonyl (C=O) groups is 1. The summed E-state index contributed by atoms with van der Waals surface area (Å²) >= 11 is 0. The van der Waals surface area contributed by atoms with E-state index in [4.69, 9.17) is 0 Å². The SMILES string of the molecule is C[C@]1(C(=O)O)CCCCC1Nc1nc(-c2c[nH]c3ncc(F)cc23)ncc1F. The van der Waals surface area contributed by atoms with E-state index < -0.39 is 29.1 Å². The summed E-state index contributed by atoms with van der Waals surface area (Å²) < 4.78 is 28.0. The van der Waals surface area contributed by atoms with Crippen LogP contribution in [0.1, 0.15) is 32.6 Å². The van der Waals surface area contributed by atoms with Gasteiger partial charge in [-0.3, -0.25) is 4.79 Å². The van der Waals surface area contributed by atoms with Crippen LogP contribution in [0.15, 0.2) is 24.7 Å². The van der Waals surface area contributed by atoms with Crippen LogP contribution >= 0.6 is 0 Å². The van der Waals surface area contributed by atoms with Gasteiger partial charge >= 0.3 is 5.97 Å². The molecule has 3 aromatic rings. The van der Waals surface area contributed by atoms with Gasteiger partial charge in [-0.25, -0.2) is 23.7 Å². The van der Waals surface area contributed by atoms with Crippen LogP contribution in [-0.4, -0.2) is 37.1 Å². The number of anilines is 1. The van der Waals surface area contributed by atoms with Crippen LogP contribution in [-0.2, 0) is 4.79 Å². The van der Waals surface area contributed by atoms with E-state index in [9.17, 15) is 18.7 Å². The van der Waals surface area contributed by atoms with Crippen LogP contribution in [0.3, 0.4) is 0 Å². The predicted molar refractivity (Wildman–Crippen MR) is 98.7 cm³/mol. The first-order valence-corrected chi connectivity index (χ1v) is 9.04. The van der Waals surface area contributed by atoms with Crippen LogP contribution < -0.4 is 5.32 Å². The first-order valence-electron chi connectivity index (χ1n) is 9.04. The number of fused-ring (bicyclic) bond motifs is 1. The summed E-state index contributed by atoms with van der Waals surface area (Å²) in [6.45, 7) is 1.67. The fourth-order valence-electron chi connectivity index (χ4n) is 3.75. The molecule has 1 unspecified atom stereocenters. The van der Waals surface area contributed by atoms with E-state index in [0.717, 1.165) is 25.2 Å². The number of hydrogen-bond donors (Lipinski definition) is 3. The van der Waals surface area contributed by atoms with Gasteiger partial charge in [0.1, 0.15) is 11.5 Å². The quantitative estimate of drug-likeness (QED) is 0.630. The Morgan fingerprint density at radius 1 is 1.32 bits per heavy atom. The lowest BCUT2D eigenvalue weighted by Gasteiger charge is -2.38. The van der Waals surface area contributed by atoms with E-state index in [1.807, 2.05) is 0 Å². The van der Waals surface area contributed by atoms with Gasteiger partial charge in [-0.2, -0.15) is 0 Å². The zero-order valence-electron chi connectivity index (χ0n) is 15.2. The second-order valence-electron chi connectivity index (χ2n) is 7.31. The zero-order chi connectivity index (χ0) is 19.9. The fourth-order valence-corrected chi connectivity index (χ4v) is 3.75. The Bertz CT molecular complexity index is 1050. The van der Waals surface area contributed by atoms with Gasteiger partial charge in [-0.05, 0) is 25.8 Å². The highest BCUT2D eigenvalue weighted by Crippen LogP contribution is 2.38. The summed E-state index contributed by atoms with van der Waals surface area (Å²) in [4.78, 5) is 26.9. The van der Waals surface area contributed by atoms with Crippen molar-refractivity contribution in [2.24, 2.45) is 5.41 Å². The summed E-state index contributed by atoms with van der Waals surface area (Å²) in [6, 6.07) is 0.842. The average Bonchev–Trinajstić information content (AvgIpc) is 3.08. The van der Waals surface area contributed by atoms with Crippen LogP contribution in [0.2, 0.25) is 0 Å². The average molecular weight is 387 g/mol. The maximum absolute atomic E-state index is 14.4. The van der Waals surface area contributed by atoms with Crippen molar-refractivity contribution in [3.63, 3.8) is 0 Å². The van der Waals surface area contributed by atoms with Crippen molar-refractivity contribution in [2.75, 3.05) is 5.32 Å². The molecule has 9 heteroatoms. The van der Waals surface area contributed by atoms with Crippen molar-refractivity contribution < 1.29 is 18.7 Å². The highest BCUT2D eigenvalue weighted by molar-refractivity contribution is 5.91. The molecule has 3 N–H and O–H groups in total. The highest BCUT2D eigenvalue weighted by Gasteiger charge is 2.43. The van der Waals surface area contributed by atoms with Crippen molar-refractivity contribution in [1.29, 1.82) is 0 Å². The van der Waals surface area contributed by atoms with E-state index in [0.29, 0.717) is 29.4 Å². The van der Waals surface area contributed by atoms with Gasteiger partial charge in [0.25, 0.3) is 0 Å². The molecule has 3 heterocycles. The molecule has 0 saturated heterocycles. The molecule has 0 amide bonds. The first kappa shape index (κ1) is 18.3. The molecule has 0 aliphatic heterocycles. The standard InChI is InChI=1S/C19H19F2N5O2/c1-19(18(27)28)5-3-2-4-14(19)25-17-13(21)9-24-16(26-17)12-8-23-15-11(12)6-10(20)7-22-15/h6-9,14H,2-5H2,1H3,(H,22,23)(H,27,28)(H,24,25,26)/t14?,19-/m0/s1. The molecular weight excluding hydrogens is 368 g/mol. The predicted octanol–water partition coefficient (Wildman–Crippen LogP) is 3.74. The molecule has 1 fully saturated rings. The lowest BCUT2D eigenvalue weighted by molar-refractivity contribution is -0.150. The summed E-state index contributed by atoms with van der Waals surface area (Å²) in [7, 11) is 0.